The van der Waals surface area contributed by atoms with Crippen molar-refractivity contribution in [1.29, 1.82) is 0 Å². The van der Waals surface area contributed by atoms with E-state index in [2.05, 4.69) is 0 Å². The summed E-state index contributed by atoms with van der Waals surface area (Å²) in [5, 5.41) is 0. The van der Waals surface area contributed by atoms with Crippen molar-refractivity contribution in [2.24, 2.45) is 0 Å². The van der Waals surface area contributed by atoms with Crippen molar-refractivity contribution >= 4 is 10.0 Å². The van der Waals surface area contributed by atoms with Crippen LogP contribution < -0.4 is 10.4 Å². The largest absolute Gasteiger partial charge is 0.487 e. The summed E-state index contributed by atoms with van der Waals surface area (Å²) < 4.78 is 49.9. The molecule has 0 atom stereocenters. The third-order valence-corrected chi connectivity index (χ3v) is 5.58. The fraction of sp³-hybridized carbons (Fsp3) is 0.312. The van der Waals surface area contributed by atoms with Crippen molar-refractivity contribution in [3.8, 4) is 5.75 Å². The summed E-state index contributed by atoms with van der Waals surface area (Å²) >= 11 is 0. The molecule has 1 aromatic carbocycles. The van der Waals surface area contributed by atoms with Crippen LogP contribution in [-0.2, 0) is 10.0 Å². The highest BCUT2D eigenvalue weighted by Gasteiger charge is 2.38. The Morgan fingerprint density at radius 3 is 2.54 bits per heavy atom. The fourth-order valence-corrected chi connectivity index (χ4v) is 4.02. The minimum Gasteiger partial charge on any atom is -0.487 e. The number of sulfonamides is 1. The highest BCUT2D eigenvalue weighted by molar-refractivity contribution is 7.89. The number of benzene rings is 1. The van der Waals surface area contributed by atoms with E-state index in [9.17, 15) is 17.6 Å². The molecule has 6 nitrogen and oxygen atoms in total. The van der Waals surface area contributed by atoms with Gasteiger partial charge in [0.25, 0.3) is 0 Å². The summed E-state index contributed by atoms with van der Waals surface area (Å²) in [5.74, 6) is 0.323. The third kappa shape index (κ3) is 3.20. The van der Waals surface area contributed by atoms with Crippen molar-refractivity contribution < 1.29 is 22.0 Å². The number of rotatable bonds is 4. The first kappa shape index (κ1) is 16.7. The van der Waals surface area contributed by atoms with Crippen LogP contribution in [0.4, 0.5) is 4.39 Å². The molecule has 8 heteroatoms. The standard InChI is InChI=1S/C16H16FNO5S/c1-10-5-14(3-4-15(10)17)24(20,21)18-8-13(9-18)23-12-6-11(2)22-16(19)7-12/h3-7,13H,8-9H2,1-2H3. The van der Waals surface area contributed by atoms with E-state index in [4.69, 9.17) is 9.15 Å². The maximum atomic E-state index is 13.3. The monoisotopic (exact) mass is 353 g/mol. The summed E-state index contributed by atoms with van der Waals surface area (Å²) in [6.07, 6.45) is -0.345. The summed E-state index contributed by atoms with van der Waals surface area (Å²) in [4.78, 5) is 11.3. The molecule has 3 rings (SSSR count). The van der Waals surface area contributed by atoms with Crippen LogP contribution in [0, 0.1) is 19.7 Å². The van der Waals surface area contributed by atoms with Crippen molar-refractivity contribution in [2.45, 2.75) is 24.8 Å². The summed E-state index contributed by atoms with van der Waals surface area (Å²) in [6.45, 7) is 3.47. The van der Waals surface area contributed by atoms with Gasteiger partial charge in [0.2, 0.25) is 10.0 Å². The molecule has 128 valence electrons. The van der Waals surface area contributed by atoms with Gasteiger partial charge < -0.3 is 9.15 Å². The second-order valence-corrected chi connectivity index (χ2v) is 7.63. The lowest BCUT2D eigenvalue weighted by Crippen LogP contribution is -2.56. The van der Waals surface area contributed by atoms with Crippen LogP contribution in [0.2, 0.25) is 0 Å². The van der Waals surface area contributed by atoms with Gasteiger partial charge in [0.05, 0.1) is 24.1 Å². The number of aryl methyl sites for hydroxylation is 2. The Kier molecular flexibility index (Phi) is 4.18. The quantitative estimate of drug-likeness (QED) is 0.838. The molecule has 0 N–H and O–H groups in total. The summed E-state index contributed by atoms with van der Waals surface area (Å²) in [5.41, 5.74) is -0.244. The van der Waals surface area contributed by atoms with Crippen LogP contribution in [0.1, 0.15) is 11.3 Å². The van der Waals surface area contributed by atoms with E-state index < -0.39 is 21.5 Å². The van der Waals surface area contributed by atoms with Gasteiger partial charge in [-0.15, -0.1) is 0 Å². The first-order valence-electron chi connectivity index (χ1n) is 7.30. The predicted molar refractivity (Wildman–Crippen MR) is 84.0 cm³/mol. The molecule has 0 spiro atoms. The van der Waals surface area contributed by atoms with E-state index in [-0.39, 0.29) is 29.7 Å². The Bertz CT molecular complexity index is 932. The molecule has 0 bridgehead atoms. The van der Waals surface area contributed by atoms with E-state index in [1.54, 1.807) is 13.0 Å². The molecule has 1 aliphatic heterocycles. The van der Waals surface area contributed by atoms with Crippen LogP contribution in [-0.4, -0.2) is 31.9 Å². The molecule has 0 radical (unpaired) electrons. The minimum atomic E-state index is -3.68. The zero-order chi connectivity index (χ0) is 17.5. The van der Waals surface area contributed by atoms with Gasteiger partial charge in [-0.1, -0.05) is 0 Å². The Morgan fingerprint density at radius 2 is 1.92 bits per heavy atom. The lowest BCUT2D eigenvalue weighted by atomic mass is 10.2. The van der Waals surface area contributed by atoms with Gasteiger partial charge in [0, 0.05) is 6.07 Å². The van der Waals surface area contributed by atoms with Gasteiger partial charge in [-0.2, -0.15) is 4.31 Å². The number of halogens is 1. The topological polar surface area (TPSA) is 76.8 Å². The smallest absolute Gasteiger partial charge is 0.339 e. The zero-order valence-corrected chi connectivity index (χ0v) is 14.0. The number of hydrogen-bond donors (Lipinski definition) is 0. The van der Waals surface area contributed by atoms with Gasteiger partial charge in [-0.3, -0.25) is 0 Å². The summed E-state index contributed by atoms with van der Waals surface area (Å²) in [6, 6.07) is 6.49. The van der Waals surface area contributed by atoms with Crippen LogP contribution >= 0.6 is 0 Å². The Labute approximate surface area is 138 Å². The molecule has 0 unspecified atom stereocenters. The fourth-order valence-electron chi connectivity index (χ4n) is 2.43. The van der Waals surface area contributed by atoms with Gasteiger partial charge in [-0.25, -0.2) is 17.6 Å². The van der Waals surface area contributed by atoms with Gasteiger partial charge >= 0.3 is 5.63 Å². The minimum absolute atomic E-state index is 0.0519. The zero-order valence-electron chi connectivity index (χ0n) is 13.2. The second-order valence-electron chi connectivity index (χ2n) is 5.70. The third-order valence-electron chi connectivity index (χ3n) is 3.75. The number of ether oxygens (including phenoxy) is 1. The van der Waals surface area contributed by atoms with E-state index in [0.717, 1.165) is 6.07 Å². The van der Waals surface area contributed by atoms with Crippen molar-refractivity contribution in [2.75, 3.05) is 13.1 Å². The average Bonchev–Trinajstić information content (AvgIpc) is 2.44. The second kappa shape index (κ2) is 6.03. The SMILES string of the molecule is Cc1cc(OC2CN(S(=O)(=O)c3ccc(F)c(C)c3)C2)cc(=O)o1. The predicted octanol–water partition coefficient (Wildman–Crippen LogP) is 1.85. The Morgan fingerprint density at radius 1 is 1.21 bits per heavy atom. The molecular weight excluding hydrogens is 337 g/mol. The number of nitrogens with zero attached hydrogens (tertiary/aromatic N) is 1. The van der Waals surface area contributed by atoms with Crippen LogP contribution in [0.5, 0.6) is 5.75 Å². The molecule has 0 saturated carbocycles. The van der Waals surface area contributed by atoms with E-state index >= 15 is 0 Å². The molecule has 24 heavy (non-hydrogen) atoms. The van der Waals surface area contributed by atoms with E-state index in [1.165, 1.54) is 29.4 Å². The van der Waals surface area contributed by atoms with E-state index in [1.807, 2.05) is 0 Å². The first-order valence-corrected chi connectivity index (χ1v) is 8.74. The highest BCUT2D eigenvalue weighted by Crippen LogP contribution is 2.25. The maximum Gasteiger partial charge on any atom is 0.339 e. The summed E-state index contributed by atoms with van der Waals surface area (Å²) in [7, 11) is -3.68. The van der Waals surface area contributed by atoms with E-state index in [0.29, 0.717) is 11.5 Å². The van der Waals surface area contributed by atoms with Gasteiger partial charge in [0.1, 0.15) is 23.4 Å². The lowest BCUT2D eigenvalue weighted by molar-refractivity contribution is 0.0754. The van der Waals surface area contributed by atoms with Gasteiger partial charge in [-0.05, 0) is 37.6 Å². The molecule has 1 saturated heterocycles. The molecule has 2 heterocycles. The lowest BCUT2D eigenvalue weighted by Gasteiger charge is -2.37. The van der Waals surface area contributed by atoms with Crippen LogP contribution in [0.25, 0.3) is 0 Å². The Balaban J connectivity index is 1.69. The van der Waals surface area contributed by atoms with Crippen LogP contribution in [0.15, 0.2) is 44.4 Å². The normalized spacial score (nSPS) is 16.0. The van der Waals surface area contributed by atoms with Crippen molar-refractivity contribution in [3.63, 3.8) is 0 Å². The molecule has 1 aromatic heterocycles. The van der Waals surface area contributed by atoms with Crippen molar-refractivity contribution in [3.05, 3.63) is 57.9 Å². The first-order chi connectivity index (χ1) is 11.3. The molecule has 0 amide bonds. The molecular formula is C16H16FNO5S. The Hall–Kier alpha value is -2.19. The molecule has 1 aliphatic rings. The van der Waals surface area contributed by atoms with Crippen LogP contribution in [0.3, 0.4) is 0 Å². The molecule has 2 aromatic rings. The van der Waals surface area contributed by atoms with Gasteiger partial charge in [0.15, 0.2) is 0 Å². The molecule has 1 fully saturated rings. The average molecular weight is 353 g/mol. The highest BCUT2D eigenvalue weighted by atomic mass is 32.2. The van der Waals surface area contributed by atoms with Crippen molar-refractivity contribution in [1.82, 2.24) is 4.31 Å². The maximum absolute atomic E-state index is 13.3. The molecule has 0 aliphatic carbocycles. The number of hydrogen-bond acceptors (Lipinski definition) is 5.